The SMILES string of the molecule is Nc1ccccc1OCc1nc(-c2ccccc2)n[nH]1. The van der Waals surface area contributed by atoms with Gasteiger partial charge in [0.2, 0.25) is 0 Å². The molecule has 0 aliphatic rings. The number of nitrogens with one attached hydrogen (secondary N) is 1. The average molecular weight is 266 g/mol. The van der Waals surface area contributed by atoms with E-state index in [1.54, 1.807) is 6.07 Å². The van der Waals surface area contributed by atoms with Crippen LogP contribution in [0.2, 0.25) is 0 Å². The lowest BCUT2D eigenvalue weighted by Crippen LogP contribution is -2.00. The third kappa shape index (κ3) is 2.61. The highest BCUT2D eigenvalue weighted by Crippen LogP contribution is 2.21. The smallest absolute Gasteiger partial charge is 0.181 e. The lowest BCUT2D eigenvalue weighted by atomic mass is 10.2. The van der Waals surface area contributed by atoms with Crippen molar-refractivity contribution in [1.82, 2.24) is 15.2 Å². The molecule has 0 aliphatic heterocycles. The van der Waals surface area contributed by atoms with Crippen LogP contribution in [0.5, 0.6) is 5.75 Å². The second-order valence-corrected chi connectivity index (χ2v) is 4.30. The highest BCUT2D eigenvalue weighted by atomic mass is 16.5. The number of aromatic nitrogens is 3. The molecule has 2 aromatic carbocycles. The van der Waals surface area contributed by atoms with Crippen molar-refractivity contribution in [1.29, 1.82) is 0 Å². The number of hydrogen-bond acceptors (Lipinski definition) is 4. The van der Waals surface area contributed by atoms with E-state index in [2.05, 4.69) is 15.2 Å². The molecule has 3 N–H and O–H groups in total. The van der Waals surface area contributed by atoms with E-state index in [1.165, 1.54) is 0 Å². The Labute approximate surface area is 116 Å². The van der Waals surface area contributed by atoms with Gasteiger partial charge in [0.1, 0.15) is 12.4 Å². The quantitative estimate of drug-likeness (QED) is 0.712. The number of para-hydroxylation sites is 2. The Balaban J connectivity index is 1.71. The van der Waals surface area contributed by atoms with Gasteiger partial charge in [0.25, 0.3) is 0 Å². The van der Waals surface area contributed by atoms with Crippen molar-refractivity contribution in [3.63, 3.8) is 0 Å². The first-order valence-corrected chi connectivity index (χ1v) is 6.27. The Morgan fingerprint density at radius 1 is 1.00 bits per heavy atom. The van der Waals surface area contributed by atoms with Gasteiger partial charge in [-0.25, -0.2) is 4.98 Å². The number of nitrogen functional groups attached to an aromatic ring is 1. The third-order valence-corrected chi connectivity index (χ3v) is 2.85. The first-order chi connectivity index (χ1) is 9.83. The molecule has 0 aliphatic carbocycles. The van der Waals surface area contributed by atoms with E-state index in [0.29, 0.717) is 29.7 Å². The van der Waals surface area contributed by atoms with Gasteiger partial charge in [-0.15, -0.1) is 0 Å². The van der Waals surface area contributed by atoms with Gasteiger partial charge in [0.05, 0.1) is 5.69 Å². The maximum atomic E-state index is 5.81. The number of ether oxygens (including phenoxy) is 1. The third-order valence-electron chi connectivity index (χ3n) is 2.85. The number of H-pyrrole nitrogens is 1. The summed E-state index contributed by atoms with van der Waals surface area (Å²) >= 11 is 0. The number of nitrogens with two attached hydrogens (primary N) is 1. The van der Waals surface area contributed by atoms with Gasteiger partial charge in [-0.3, -0.25) is 5.10 Å². The summed E-state index contributed by atoms with van der Waals surface area (Å²) in [6.07, 6.45) is 0. The summed E-state index contributed by atoms with van der Waals surface area (Å²) in [6, 6.07) is 17.1. The minimum atomic E-state index is 0.300. The second kappa shape index (κ2) is 5.44. The van der Waals surface area contributed by atoms with Crippen molar-refractivity contribution in [3.8, 4) is 17.1 Å². The summed E-state index contributed by atoms with van der Waals surface area (Å²) < 4.78 is 5.61. The normalized spacial score (nSPS) is 10.4. The van der Waals surface area contributed by atoms with Gasteiger partial charge in [0, 0.05) is 5.56 Å². The lowest BCUT2D eigenvalue weighted by Gasteiger charge is -2.05. The topological polar surface area (TPSA) is 76.8 Å². The van der Waals surface area contributed by atoms with Crippen molar-refractivity contribution in [2.45, 2.75) is 6.61 Å². The van der Waals surface area contributed by atoms with E-state index in [1.807, 2.05) is 48.5 Å². The van der Waals surface area contributed by atoms with Crippen LogP contribution in [0.1, 0.15) is 5.82 Å². The molecule has 0 radical (unpaired) electrons. The molecule has 5 heteroatoms. The van der Waals surface area contributed by atoms with Crippen LogP contribution in [0.3, 0.4) is 0 Å². The Hall–Kier alpha value is -2.82. The Morgan fingerprint density at radius 3 is 2.55 bits per heavy atom. The van der Waals surface area contributed by atoms with Crippen LogP contribution in [-0.4, -0.2) is 15.2 Å². The molecular formula is C15H14N4O. The van der Waals surface area contributed by atoms with Crippen LogP contribution < -0.4 is 10.5 Å². The minimum Gasteiger partial charge on any atom is -0.483 e. The standard InChI is InChI=1S/C15H14N4O/c16-12-8-4-5-9-13(12)20-10-14-17-15(19-18-14)11-6-2-1-3-7-11/h1-9H,10,16H2,(H,17,18,19). The molecule has 0 spiro atoms. The van der Waals surface area contributed by atoms with Gasteiger partial charge >= 0.3 is 0 Å². The number of hydrogen-bond donors (Lipinski definition) is 2. The molecule has 3 aromatic rings. The fraction of sp³-hybridized carbons (Fsp3) is 0.0667. The van der Waals surface area contributed by atoms with E-state index in [4.69, 9.17) is 10.5 Å². The van der Waals surface area contributed by atoms with Gasteiger partial charge in [-0.2, -0.15) is 5.10 Å². The van der Waals surface area contributed by atoms with E-state index in [-0.39, 0.29) is 0 Å². The second-order valence-electron chi connectivity index (χ2n) is 4.30. The number of anilines is 1. The molecule has 0 atom stereocenters. The van der Waals surface area contributed by atoms with Gasteiger partial charge in [0.15, 0.2) is 11.6 Å². The van der Waals surface area contributed by atoms with Gasteiger partial charge in [-0.1, -0.05) is 42.5 Å². The highest BCUT2D eigenvalue weighted by Gasteiger charge is 2.06. The molecular weight excluding hydrogens is 252 g/mol. The molecule has 0 unspecified atom stereocenters. The first kappa shape index (κ1) is 12.2. The van der Waals surface area contributed by atoms with Crippen LogP contribution in [-0.2, 0) is 6.61 Å². The molecule has 5 nitrogen and oxygen atoms in total. The predicted octanol–water partition coefficient (Wildman–Crippen LogP) is 2.63. The molecule has 1 aromatic heterocycles. The summed E-state index contributed by atoms with van der Waals surface area (Å²) in [6.45, 7) is 0.300. The predicted molar refractivity (Wildman–Crippen MR) is 77.0 cm³/mol. The van der Waals surface area contributed by atoms with Gasteiger partial charge in [-0.05, 0) is 12.1 Å². The van der Waals surface area contributed by atoms with Crippen LogP contribution in [0.25, 0.3) is 11.4 Å². The lowest BCUT2D eigenvalue weighted by molar-refractivity contribution is 0.298. The molecule has 100 valence electrons. The highest BCUT2D eigenvalue weighted by molar-refractivity contribution is 5.54. The zero-order valence-electron chi connectivity index (χ0n) is 10.8. The zero-order chi connectivity index (χ0) is 13.8. The number of rotatable bonds is 4. The monoisotopic (exact) mass is 266 g/mol. The summed E-state index contributed by atoms with van der Waals surface area (Å²) in [4.78, 5) is 4.39. The van der Waals surface area contributed by atoms with Crippen molar-refractivity contribution < 1.29 is 4.74 Å². The maximum absolute atomic E-state index is 5.81. The van der Waals surface area contributed by atoms with Crippen LogP contribution in [0.4, 0.5) is 5.69 Å². The molecule has 0 bridgehead atoms. The Morgan fingerprint density at radius 2 is 1.75 bits per heavy atom. The Kier molecular flexibility index (Phi) is 3.33. The van der Waals surface area contributed by atoms with E-state index < -0.39 is 0 Å². The fourth-order valence-electron chi connectivity index (χ4n) is 1.83. The van der Waals surface area contributed by atoms with Gasteiger partial charge < -0.3 is 10.5 Å². The summed E-state index contributed by atoms with van der Waals surface area (Å²) in [5.74, 6) is 1.96. The minimum absolute atomic E-state index is 0.300. The number of aromatic amines is 1. The molecule has 20 heavy (non-hydrogen) atoms. The summed E-state index contributed by atoms with van der Waals surface area (Å²) in [5, 5.41) is 7.04. The van der Waals surface area contributed by atoms with Crippen molar-refractivity contribution >= 4 is 5.69 Å². The van der Waals surface area contributed by atoms with Crippen molar-refractivity contribution in [2.75, 3.05) is 5.73 Å². The van der Waals surface area contributed by atoms with E-state index >= 15 is 0 Å². The number of nitrogens with zero attached hydrogens (tertiary/aromatic N) is 2. The Bertz CT molecular complexity index is 694. The summed E-state index contributed by atoms with van der Waals surface area (Å²) in [5.41, 5.74) is 7.38. The molecule has 3 rings (SSSR count). The first-order valence-electron chi connectivity index (χ1n) is 6.27. The van der Waals surface area contributed by atoms with E-state index in [9.17, 15) is 0 Å². The van der Waals surface area contributed by atoms with Crippen molar-refractivity contribution in [2.24, 2.45) is 0 Å². The van der Waals surface area contributed by atoms with Crippen LogP contribution in [0.15, 0.2) is 54.6 Å². The fourth-order valence-corrected chi connectivity index (χ4v) is 1.83. The zero-order valence-corrected chi connectivity index (χ0v) is 10.8. The number of benzene rings is 2. The maximum Gasteiger partial charge on any atom is 0.181 e. The molecule has 0 saturated carbocycles. The molecule has 0 fully saturated rings. The van der Waals surface area contributed by atoms with E-state index in [0.717, 1.165) is 5.56 Å². The van der Waals surface area contributed by atoms with Crippen LogP contribution >= 0.6 is 0 Å². The van der Waals surface area contributed by atoms with Crippen molar-refractivity contribution in [3.05, 3.63) is 60.4 Å². The average Bonchev–Trinajstić information content (AvgIpc) is 2.96. The largest absolute Gasteiger partial charge is 0.483 e. The molecule has 0 saturated heterocycles. The molecule has 0 amide bonds. The molecule has 1 heterocycles. The summed E-state index contributed by atoms with van der Waals surface area (Å²) in [7, 11) is 0. The van der Waals surface area contributed by atoms with Crippen LogP contribution in [0, 0.1) is 0 Å².